The lowest BCUT2D eigenvalue weighted by Crippen LogP contribution is -2.21. The lowest BCUT2D eigenvalue weighted by molar-refractivity contribution is 0.517. The fraction of sp³-hybridized carbons (Fsp3) is 0.231. The normalized spacial score (nSPS) is 12.3. The van der Waals surface area contributed by atoms with Gasteiger partial charge in [0, 0.05) is 12.4 Å². The highest BCUT2D eigenvalue weighted by Gasteiger charge is 2.15. The lowest BCUT2D eigenvalue weighted by Gasteiger charge is -2.16. The minimum atomic E-state index is -0.307. The highest BCUT2D eigenvalue weighted by molar-refractivity contribution is 5.32. The van der Waals surface area contributed by atoms with Crippen molar-refractivity contribution < 1.29 is 4.39 Å². The fourth-order valence-corrected chi connectivity index (χ4v) is 1.85. The molecule has 5 heteroatoms. The fourth-order valence-electron chi connectivity index (χ4n) is 1.85. The average Bonchev–Trinajstić information content (AvgIpc) is 2.37. The second-order valence-electron chi connectivity index (χ2n) is 4.00. The van der Waals surface area contributed by atoms with Gasteiger partial charge in [-0.1, -0.05) is 0 Å². The lowest BCUT2D eigenvalue weighted by atomic mass is 10.0. The van der Waals surface area contributed by atoms with Gasteiger partial charge in [-0.25, -0.2) is 9.37 Å². The minimum absolute atomic E-state index is 0.187. The number of likely N-dealkylation sites (N-methyl/N-ethyl adjacent to an activating group) is 1. The second-order valence-corrected chi connectivity index (χ2v) is 4.00. The van der Waals surface area contributed by atoms with Gasteiger partial charge in [0.1, 0.15) is 11.6 Å². The smallest absolute Gasteiger partial charge is 0.146 e. The Kier molecular flexibility index (Phi) is 3.84. The third-order valence-electron chi connectivity index (χ3n) is 2.75. The monoisotopic (exact) mass is 246 g/mol. The van der Waals surface area contributed by atoms with Crippen LogP contribution in [0.2, 0.25) is 0 Å². The van der Waals surface area contributed by atoms with Gasteiger partial charge in [-0.15, -0.1) is 0 Å². The van der Waals surface area contributed by atoms with Gasteiger partial charge in [-0.3, -0.25) is 4.98 Å². The summed E-state index contributed by atoms with van der Waals surface area (Å²) in [7, 11) is 1.78. The maximum absolute atomic E-state index is 13.7. The molecular weight excluding hydrogens is 231 g/mol. The van der Waals surface area contributed by atoms with E-state index in [0.717, 1.165) is 5.56 Å². The summed E-state index contributed by atoms with van der Waals surface area (Å²) in [6.45, 7) is 0. The summed E-state index contributed by atoms with van der Waals surface area (Å²) < 4.78 is 13.7. The number of nitrogens with one attached hydrogen (secondary N) is 1. The molecule has 0 amide bonds. The second kappa shape index (κ2) is 5.55. The zero-order valence-electron chi connectivity index (χ0n) is 10.1. The van der Waals surface area contributed by atoms with Crippen LogP contribution in [0.4, 0.5) is 10.2 Å². The highest BCUT2D eigenvalue weighted by Crippen LogP contribution is 2.19. The van der Waals surface area contributed by atoms with Crippen LogP contribution in [0.3, 0.4) is 0 Å². The van der Waals surface area contributed by atoms with E-state index >= 15 is 0 Å². The summed E-state index contributed by atoms with van der Waals surface area (Å²) in [6, 6.07) is 6.45. The predicted octanol–water partition coefficient (Wildman–Crippen LogP) is 1.70. The van der Waals surface area contributed by atoms with Gasteiger partial charge >= 0.3 is 0 Å². The van der Waals surface area contributed by atoms with E-state index in [-0.39, 0.29) is 11.9 Å². The van der Waals surface area contributed by atoms with Crippen molar-refractivity contribution in [3.8, 4) is 0 Å². The largest absolute Gasteiger partial charge is 0.384 e. The molecule has 3 N–H and O–H groups in total. The Morgan fingerprint density at radius 2 is 2.17 bits per heavy atom. The standard InChI is InChI=1S/C13H15FN4/c1-16-11(13-10(14)3-2-5-18-13)7-9-4-6-17-12(15)8-9/h2-6,8,11,16H,7H2,1H3,(H2,15,17). The van der Waals surface area contributed by atoms with Crippen LogP contribution >= 0.6 is 0 Å². The Bertz CT molecular complexity index is 530. The van der Waals surface area contributed by atoms with Crippen molar-refractivity contribution in [2.24, 2.45) is 0 Å². The van der Waals surface area contributed by atoms with Crippen molar-refractivity contribution in [3.05, 3.63) is 53.7 Å². The number of anilines is 1. The Morgan fingerprint density at radius 1 is 1.33 bits per heavy atom. The molecule has 0 radical (unpaired) electrons. The molecule has 0 spiro atoms. The van der Waals surface area contributed by atoms with Crippen LogP contribution in [0.5, 0.6) is 0 Å². The number of rotatable bonds is 4. The zero-order chi connectivity index (χ0) is 13.0. The first kappa shape index (κ1) is 12.4. The van der Waals surface area contributed by atoms with E-state index in [1.807, 2.05) is 6.07 Å². The predicted molar refractivity (Wildman–Crippen MR) is 68.3 cm³/mol. The summed E-state index contributed by atoms with van der Waals surface area (Å²) in [4.78, 5) is 8.01. The molecule has 2 rings (SSSR count). The number of nitrogens with two attached hydrogens (primary N) is 1. The van der Waals surface area contributed by atoms with Crippen LogP contribution in [0.25, 0.3) is 0 Å². The van der Waals surface area contributed by atoms with Crippen molar-refractivity contribution in [2.75, 3.05) is 12.8 Å². The van der Waals surface area contributed by atoms with Crippen molar-refractivity contribution >= 4 is 5.82 Å². The molecular formula is C13H15FN4. The first-order valence-electron chi connectivity index (χ1n) is 5.69. The van der Waals surface area contributed by atoms with Crippen LogP contribution in [-0.4, -0.2) is 17.0 Å². The molecule has 0 fully saturated rings. The van der Waals surface area contributed by atoms with Gasteiger partial charge in [0.25, 0.3) is 0 Å². The molecule has 0 bridgehead atoms. The Labute approximate surface area is 105 Å². The van der Waals surface area contributed by atoms with Gasteiger partial charge in [0.2, 0.25) is 0 Å². The van der Waals surface area contributed by atoms with Crippen molar-refractivity contribution in [2.45, 2.75) is 12.5 Å². The van der Waals surface area contributed by atoms with E-state index < -0.39 is 0 Å². The number of nitrogens with zero attached hydrogens (tertiary/aromatic N) is 2. The molecule has 0 aliphatic rings. The van der Waals surface area contributed by atoms with Crippen LogP contribution in [0.15, 0.2) is 36.7 Å². The van der Waals surface area contributed by atoms with Crippen LogP contribution in [0, 0.1) is 5.82 Å². The van der Waals surface area contributed by atoms with Crippen molar-refractivity contribution in [1.82, 2.24) is 15.3 Å². The molecule has 0 aliphatic heterocycles. The molecule has 94 valence electrons. The zero-order valence-corrected chi connectivity index (χ0v) is 10.1. The highest BCUT2D eigenvalue weighted by atomic mass is 19.1. The maximum atomic E-state index is 13.7. The topological polar surface area (TPSA) is 63.8 Å². The number of hydrogen-bond donors (Lipinski definition) is 2. The third-order valence-corrected chi connectivity index (χ3v) is 2.75. The van der Waals surface area contributed by atoms with E-state index in [1.165, 1.54) is 6.07 Å². The van der Waals surface area contributed by atoms with E-state index in [9.17, 15) is 4.39 Å². The van der Waals surface area contributed by atoms with Gasteiger partial charge in [-0.05, 0) is 43.3 Å². The molecule has 2 aromatic heterocycles. The number of nitrogen functional groups attached to an aromatic ring is 1. The number of pyridine rings is 2. The van der Waals surface area contributed by atoms with Gasteiger partial charge in [-0.2, -0.15) is 0 Å². The number of halogens is 1. The molecule has 18 heavy (non-hydrogen) atoms. The first-order chi connectivity index (χ1) is 8.70. The van der Waals surface area contributed by atoms with E-state index in [2.05, 4.69) is 15.3 Å². The molecule has 1 atom stereocenters. The van der Waals surface area contributed by atoms with Gasteiger partial charge in [0.15, 0.2) is 0 Å². The molecule has 4 nitrogen and oxygen atoms in total. The molecule has 0 aromatic carbocycles. The molecule has 2 heterocycles. The summed E-state index contributed by atoms with van der Waals surface area (Å²) >= 11 is 0. The number of aromatic nitrogens is 2. The van der Waals surface area contributed by atoms with Crippen LogP contribution < -0.4 is 11.1 Å². The Hall–Kier alpha value is -2.01. The summed E-state index contributed by atoms with van der Waals surface area (Å²) in [5.74, 6) is 0.155. The quantitative estimate of drug-likeness (QED) is 0.862. The molecule has 2 aromatic rings. The summed E-state index contributed by atoms with van der Waals surface area (Å²) in [5, 5.41) is 3.06. The van der Waals surface area contributed by atoms with E-state index in [4.69, 9.17) is 5.73 Å². The molecule has 0 aliphatic carbocycles. The number of hydrogen-bond acceptors (Lipinski definition) is 4. The van der Waals surface area contributed by atoms with Crippen LogP contribution in [0.1, 0.15) is 17.3 Å². The van der Waals surface area contributed by atoms with E-state index in [0.29, 0.717) is 17.9 Å². The van der Waals surface area contributed by atoms with Gasteiger partial charge in [0.05, 0.1) is 11.7 Å². The molecule has 0 saturated carbocycles. The summed E-state index contributed by atoms with van der Waals surface area (Å²) in [6.07, 6.45) is 3.84. The molecule has 0 saturated heterocycles. The summed E-state index contributed by atoms with van der Waals surface area (Å²) in [5.41, 5.74) is 7.03. The maximum Gasteiger partial charge on any atom is 0.146 e. The van der Waals surface area contributed by atoms with Crippen molar-refractivity contribution in [1.29, 1.82) is 0 Å². The Balaban J connectivity index is 2.23. The van der Waals surface area contributed by atoms with E-state index in [1.54, 1.807) is 31.6 Å². The van der Waals surface area contributed by atoms with Gasteiger partial charge < -0.3 is 11.1 Å². The van der Waals surface area contributed by atoms with Crippen molar-refractivity contribution in [3.63, 3.8) is 0 Å². The SMILES string of the molecule is CNC(Cc1ccnc(N)c1)c1ncccc1F. The Morgan fingerprint density at radius 3 is 2.83 bits per heavy atom. The van der Waals surface area contributed by atoms with Crippen LogP contribution in [-0.2, 0) is 6.42 Å². The minimum Gasteiger partial charge on any atom is -0.384 e. The molecule has 1 unspecified atom stereocenters. The third kappa shape index (κ3) is 2.81. The first-order valence-corrected chi connectivity index (χ1v) is 5.69. The average molecular weight is 246 g/mol.